The van der Waals surface area contributed by atoms with Gasteiger partial charge in [-0.3, -0.25) is 0 Å². The van der Waals surface area contributed by atoms with Crippen molar-refractivity contribution in [1.29, 1.82) is 0 Å². The molecule has 0 aliphatic carbocycles. The average molecular weight is 260 g/mol. The van der Waals surface area contributed by atoms with Gasteiger partial charge in [0.05, 0.1) is 0 Å². The normalized spacial score (nSPS) is 11.7. The quantitative estimate of drug-likeness (QED) is 0.451. The van der Waals surface area contributed by atoms with Gasteiger partial charge < -0.3 is 4.42 Å². The van der Waals surface area contributed by atoms with Crippen molar-refractivity contribution in [2.45, 2.75) is 19.8 Å². The Morgan fingerprint density at radius 2 is 1.65 bits per heavy atom. The molecule has 0 fully saturated rings. The summed E-state index contributed by atoms with van der Waals surface area (Å²) in [6.07, 6.45) is 2.19. The molecule has 0 atom stereocenters. The largest absolute Gasteiger partial charge is 0.456 e. The van der Waals surface area contributed by atoms with Crippen LogP contribution < -0.4 is 0 Å². The smallest absolute Gasteiger partial charge is 0.139 e. The summed E-state index contributed by atoms with van der Waals surface area (Å²) in [5, 5.41) is 5.07. The summed E-state index contributed by atoms with van der Waals surface area (Å²) in [7, 11) is 0. The van der Waals surface area contributed by atoms with Crippen LogP contribution in [-0.4, -0.2) is 0 Å². The highest BCUT2D eigenvalue weighted by Crippen LogP contribution is 2.37. The van der Waals surface area contributed by atoms with Gasteiger partial charge in [0.25, 0.3) is 0 Å². The van der Waals surface area contributed by atoms with Crippen molar-refractivity contribution in [2.24, 2.45) is 0 Å². The van der Waals surface area contributed by atoms with Crippen molar-refractivity contribution in [3.8, 4) is 0 Å². The van der Waals surface area contributed by atoms with Gasteiger partial charge in [-0.2, -0.15) is 0 Å². The summed E-state index contributed by atoms with van der Waals surface area (Å²) >= 11 is 0. The molecule has 0 aliphatic rings. The van der Waals surface area contributed by atoms with E-state index in [-0.39, 0.29) is 0 Å². The Labute approximate surface area is 117 Å². The Kier molecular flexibility index (Phi) is 2.53. The molecule has 1 heteroatoms. The summed E-state index contributed by atoms with van der Waals surface area (Å²) < 4.78 is 6.14. The van der Waals surface area contributed by atoms with E-state index in [1.165, 1.54) is 27.1 Å². The molecule has 98 valence electrons. The van der Waals surface area contributed by atoms with Crippen molar-refractivity contribution in [1.82, 2.24) is 0 Å². The van der Waals surface area contributed by atoms with Gasteiger partial charge in [-0.25, -0.2) is 0 Å². The molecule has 0 N–H and O–H groups in total. The van der Waals surface area contributed by atoms with Crippen LogP contribution in [0.4, 0.5) is 0 Å². The molecule has 0 unspecified atom stereocenters. The second-order valence-corrected chi connectivity index (χ2v) is 5.31. The summed E-state index contributed by atoms with van der Waals surface area (Å²) in [5.41, 5.74) is 3.36. The van der Waals surface area contributed by atoms with E-state index < -0.39 is 0 Å². The fraction of sp³-hybridized carbons (Fsp3) is 0.158. The third-order valence-electron chi connectivity index (χ3n) is 3.97. The second kappa shape index (κ2) is 4.38. The number of hydrogen-bond acceptors (Lipinski definition) is 1. The van der Waals surface area contributed by atoms with Crippen LogP contribution >= 0.6 is 0 Å². The maximum absolute atomic E-state index is 6.14. The highest BCUT2D eigenvalue weighted by Gasteiger charge is 2.13. The molecular formula is C19H16O. The molecule has 0 aliphatic heterocycles. The molecule has 1 aromatic heterocycles. The molecule has 0 saturated carbocycles. The lowest BCUT2D eigenvalue weighted by Crippen LogP contribution is -1.85. The highest BCUT2D eigenvalue weighted by atomic mass is 16.3. The zero-order chi connectivity index (χ0) is 13.5. The monoisotopic (exact) mass is 260 g/mol. The van der Waals surface area contributed by atoms with Gasteiger partial charge in [-0.1, -0.05) is 55.8 Å². The van der Waals surface area contributed by atoms with Crippen LogP contribution in [0, 0.1) is 0 Å². The number of aryl methyl sites for hydroxylation is 1. The van der Waals surface area contributed by atoms with Gasteiger partial charge in [0.15, 0.2) is 0 Å². The minimum Gasteiger partial charge on any atom is -0.456 e. The number of benzene rings is 3. The molecule has 0 saturated heterocycles. The highest BCUT2D eigenvalue weighted by molar-refractivity contribution is 6.19. The minimum absolute atomic E-state index is 0.983. The van der Waals surface area contributed by atoms with Crippen molar-refractivity contribution < 1.29 is 4.42 Å². The third kappa shape index (κ3) is 1.56. The van der Waals surface area contributed by atoms with Crippen LogP contribution in [0.3, 0.4) is 0 Å². The Balaban J connectivity index is 2.27. The average Bonchev–Trinajstić information content (AvgIpc) is 2.88. The van der Waals surface area contributed by atoms with Gasteiger partial charge >= 0.3 is 0 Å². The zero-order valence-electron chi connectivity index (χ0n) is 11.5. The fourth-order valence-electron chi connectivity index (χ4n) is 3.10. The van der Waals surface area contributed by atoms with Crippen LogP contribution in [-0.2, 0) is 6.42 Å². The minimum atomic E-state index is 0.983. The molecule has 0 bridgehead atoms. The molecule has 3 aromatic carbocycles. The van der Waals surface area contributed by atoms with E-state index >= 15 is 0 Å². The first-order chi connectivity index (χ1) is 9.88. The predicted molar refractivity (Wildman–Crippen MR) is 85.2 cm³/mol. The van der Waals surface area contributed by atoms with E-state index in [2.05, 4.69) is 55.5 Å². The van der Waals surface area contributed by atoms with E-state index in [0.29, 0.717) is 0 Å². The molecule has 1 heterocycles. The van der Waals surface area contributed by atoms with Crippen molar-refractivity contribution in [3.63, 3.8) is 0 Å². The SMILES string of the molecule is CCCc1cc2ccccc2c2c1oc1ccccc12. The molecule has 20 heavy (non-hydrogen) atoms. The number of rotatable bonds is 2. The van der Waals surface area contributed by atoms with E-state index in [1.807, 2.05) is 6.07 Å². The van der Waals surface area contributed by atoms with Gasteiger partial charge in [0.2, 0.25) is 0 Å². The zero-order valence-corrected chi connectivity index (χ0v) is 11.5. The maximum atomic E-state index is 6.14. The van der Waals surface area contributed by atoms with E-state index in [9.17, 15) is 0 Å². The Morgan fingerprint density at radius 1 is 0.900 bits per heavy atom. The number of fused-ring (bicyclic) bond motifs is 5. The lowest BCUT2D eigenvalue weighted by molar-refractivity contribution is 0.661. The van der Waals surface area contributed by atoms with E-state index in [0.717, 1.165) is 24.0 Å². The molecule has 4 rings (SSSR count). The lowest BCUT2D eigenvalue weighted by Gasteiger charge is -2.05. The van der Waals surface area contributed by atoms with Crippen molar-refractivity contribution >= 4 is 32.7 Å². The molecule has 0 amide bonds. The maximum Gasteiger partial charge on any atom is 0.139 e. The van der Waals surface area contributed by atoms with Gasteiger partial charge in [0, 0.05) is 10.8 Å². The molecule has 4 aromatic rings. The Bertz CT molecular complexity index is 915. The van der Waals surface area contributed by atoms with Gasteiger partial charge in [-0.05, 0) is 34.9 Å². The Hall–Kier alpha value is -2.28. The first-order valence-corrected chi connectivity index (χ1v) is 7.20. The van der Waals surface area contributed by atoms with Crippen LogP contribution in [0.5, 0.6) is 0 Å². The topological polar surface area (TPSA) is 13.1 Å². The van der Waals surface area contributed by atoms with Crippen molar-refractivity contribution in [2.75, 3.05) is 0 Å². The Morgan fingerprint density at radius 3 is 2.50 bits per heavy atom. The summed E-state index contributed by atoms with van der Waals surface area (Å²) in [6.45, 7) is 2.21. The molecular weight excluding hydrogens is 244 g/mol. The lowest BCUT2D eigenvalue weighted by atomic mass is 9.98. The first kappa shape index (κ1) is 11.5. The number of furan rings is 1. The van der Waals surface area contributed by atoms with Crippen molar-refractivity contribution in [3.05, 3.63) is 60.2 Å². The van der Waals surface area contributed by atoms with Crippen LogP contribution in [0.2, 0.25) is 0 Å². The van der Waals surface area contributed by atoms with E-state index in [1.54, 1.807) is 0 Å². The number of hydrogen-bond donors (Lipinski definition) is 0. The van der Waals surface area contributed by atoms with Gasteiger partial charge in [0.1, 0.15) is 11.2 Å². The van der Waals surface area contributed by atoms with Crippen LogP contribution in [0.1, 0.15) is 18.9 Å². The molecule has 1 nitrogen and oxygen atoms in total. The van der Waals surface area contributed by atoms with Crippen LogP contribution in [0.25, 0.3) is 32.7 Å². The molecule has 0 radical (unpaired) electrons. The van der Waals surface area contributed by atoms with Gasteiger partial charge in [-0.15, -0.1) is 0 Å². The third-order valence-corrected chi connectivity index (χ3v) is 3.97. The summed E-state index contributed by atoms with van der Waals surface area (Å²) in [5.74, 6) is 0. The fourth-order valence-corrected chi connectivity index (χ4v) is 3.10. The standard InChI is InChI=1S/C19H16O/c1-2-7-14-12-13-8-3-4-9-15(13)18-16-10-5-6-11-17(16)20-19(14)18/h3-6,8-12H,2,7H2,1H3. The van der Waals surface area contributed by atoms with E-state index in [4.69, 9.17) is 4.42 Å². The number of para-hydroxylation sites is 1. The summed E-state index contributed by atoms with van der Waals surface area (Å²) in [4.78, 5) is 0. The summed E-state index contributed by atoms with van der Waals surface area (Å²) in [6, 6.07) is 19.2. The first-order valence-electron chi connectivity index (χ1n) is 7.20. The van der Waals surface area contributed by atoms with Crippen LogP contribution in [0.15, 0.2) is 59.0 Å². The molecule has 0 spiro atoms. The predicted octanol–water partition coefficient (Wildman–Crippen LogP) is 5.69. The second-order valence-electron chi connectivity index (χ2n) is 5.31.